The number of rotatable bonds is 7. The van der Waals surface area contributed by atoms with E-state index in [-0.39, 0.29) is 6.10 Å². The van der Waals surface area contributed by atoms with Crippen LogP contribution in [0.15, 0.2) is 22.7 Å². The number of nitrogens with one attached hydrogen (secondary N) is 1. The Balaban J connectivity index is 2.74. The number of benzene rings is 1. The third-order valence-electron chi connectivity index (χ3n) is 2.32. The van der Waals surface area contributed by atoms with Gasteiger partial charge in [-0.1, -0.05) is 22.9 Å². The largest absolute Gasteiger partial charge is 0.488 e. The Bertz CT molecular complexity index is 344. The summed E-state index contributed by atoms with van der Waals surface area (Å²) in [5.74, 6) is 0.915. The fourth-order valence-electron chi connectivity index (χ4n) is 1.55. The van der Waals surface area contributed by atoms with Gasteiger partial charge in [-0.15, -0.1) is 0 Å². The predicted molar refractivity (Wildman–Crippen MR) is 73.5 cm³/mol. The first-order chi connectivity index (χ1) is 8.17. The van der Waals surface area contributed by atoms with Crippen LogP contribution in [0.3, 0.4) is 0 Å². The summed E-state index contributed by atoms with van der Waals surface area (Å²) in [6.45, 7) is 6.44. The molecule has 0 saturated carbocycles. The van der Waals surface area contributed by atoms with E-state index in [0.717, 1.165) is 28.9 Å². The lowest BCUT2D eigenvalue weighted by Gasteiger charge is -2.17. The summed E-state index contributed by atoms with van der Waals surface area (Å²) in [7, 11) is 1.68. The van der Waals surface area contributed by atoms with Gasteiger partial charge in [0.25, 0.3) is 0 Å². The second-order valence-electron chi connectivity index (χ2n) is 3.92. The average molecular weight is 302 g/mol. The predicted octanol–water partition coefficient (Wildman–Crippen LogP) is 2.97. The molecule has 0 aliphatic rings. The number of hydrogen-bond acceptors (Lipinski definition) is 3. The summed E-state index contributed by atoms with van der Waals surface area (Å²) in [4.78, 5) is 0. The molecule has 0 spiro atoms. The Morgan fingerprint density at radius 1 is 1.41 bits per heavy atom. The fraction of sp³-hybridized carbons (Fsp3) is 0.538. The van der Waals surface area contributed by atoms with Gasteiger partial charge in [0.05, 0.1) is 6.61 Å². The lowest BCUT2D eigenvalue weighted by molar-refractivity contribution is 0.0913. The summed E-state index contributed by atoms with van der Waals surface area (Å²) < 4.78 is 12.0. The lowest BCUT2D eigenvalue weighted by Crippen LogP contribution is -2.20. The smallest absolute Gasteiger partial charge is 0.124 e. The molecular weight excluding hydrogens is 282 g/mol. The van der Waals surface area contributed by atoms with E-state index in [2.05, 4.69) is 34.2 Å². The molecule has 1 N–H and O–H groups in total. The fourth-order valence-corrected chi connectivity index (χ4v) is 1.95. The Hall–Kier alpha value is -0.580. The molecule has 0 bridgehead atoms. The summed E-state index contributed by atoms with van der Waals surface area (Å²) in [6, 6.07) is 6.06. The minimum absolute atomic E-state index is 0.0570. The third kappa shape index (κ3) is 5.06. The van der Waals surface area contributed by atoms with Crippen molar-refractivity contribution >= 4 is 15.9 Å². The molecule has 0 aliphatic heterocycles. The molecule has 0 fully saturated rings. The average Bonchev–Trinajstić information content (AvgIpc) is 2.30. The van der Waals surface area contributed by atoms with Gasteiger partial charge >= 0.3 is 0 Å². The minimum atomic E-state index is 0.0570. The molecule has 0 radical (unpaired) electrons. The topological polar surface area (TPSA) is 30.5 Å². The SMILES string of the molecule is CCNCc1cc(Br)ccc1OC(C)COC. The molecular formula is C13H20BrNO2. The maximum atomic E-state index is 5.85. The minimum Gasteiger partial charge on any atom is -0.488 e. The van der Waals surface area contributed by atoms with Crippen LogP contribution < -0.4 is 10.1 Å². The monoisotopic (exact) mass is 301 g/mol. The Morgan fingerprint density at radius 2 is 2.18 bits per heavy atom. The summed E-state index contributed by atoms with van der Waals surface area (Å²) in [5.41, 5.74) is 1.16. The van der Waals surface area contributed by atoms with Crippen molar-refractivity contribution in [1.29, 1.82) is 0 Å². The Morgan fingerprint density at radius 3 is 2.82 bits per heavy atom. The summed E-state index contributed by atoms with van der Waals surface area (Å²) >= 11 is 3.48. The van der Waals surface area contributed by atoms with Crippen LogP contribution in [-0.2, 0) is 11.3 Å². The molecule has 96 valence electrons. The highest BCUT2D eigenvalue weighted by molar-refractivity contribution is 9.10. The van der Waals surface area contributed by atoms with Crippen molar-refractivity contribution in [3.8, 4) is 5.75 Å². The molecule has 0 heterocycles. The molecule has 0 saturated heterocycles. The third-order valence-corrected chi connectivity index (χ3v) is 2.81. The van der Waals surface area contributed by atoms with Crippen molar-refractivity contribution in [3.63, 3.8) is 0 Å². The second-order valence-corrected chi connectivity index (χ2v) is 4.83. The highest BCUT2D eigenvalue weighted by Crippen LogP contribution is 2.24. The molecule has 17 heavy (non-hydrogen) atoms. The van der Waals surface area contributed by atoms with Crippen molar-refractivity contribution in [2.75, 3.05) is 20.3 Å². The molecule has 3 nitrogen and oxygen atoms in total. The van der Waals surface area contributed by atoms with Crippen molar-refractivity contribution in [3.05, 3.63) is 28.2 Å². The molecule has 1 aromatic carbocycles. The van der Waals surface area contributed by atoms with Crippen LogP contribution >= 0.6 is 15.9 Å². The molecule has 0 amide bonds. The van der Waals surface area contributed by atoms with E-state index in [1.807, 2.05) is 19.1 Å². The van der Waals surface area contributed by atoms with Crippen LogP contribution in [0.5, 0.6) is 5.75 Å². The van der Waals surface area contributed by atoms with Crippen LogP contribution in [0.4, 0.5) is 0 Å². The zero-order chi connectivity index (χ0) is 12.7. The van der Waals surface area contributed by atoms with E-state index in [4.69, 9.17) is 9.47 Å². The van der Waals surface area contributed by atoms with Crippen LogP contribution in [0.2, 0.25) is 0 Å². The highest BCUT2D eigenvalue weighted by atomic mass is 79.9. The molecule has 4 heteroatoms. The van der Waals surface area contributed by atoms with Crippen LogP contribution in [0.25, 0.3) is 0 Å². The molecule has 0 aromatic heterocycles. The maximum Gasteiger partial charge on any atom is 0.124 e. The number of hydrogen-bond donors (Lipinski definition) is 1. The van der Waals surface area contributed by atoms with Gasteiger partial charge < -0.3 is 14.8 Å². The van der Waals surface area contributed by atoms with Crippen molar-refractivity contribution in [2.24, 2.45) is 0 Å². The van der Waals surface area contributed by atoms with E-state index < -0.39 is 0 Å². The number of halogens is 1. The second kappa shape index (κ2) is 7.69. The van der Waals surface area contributed by atoms with Gasteiger partial charge in [0, 0.05) is 23.7 Å². The van der Waals surface area contributed by atoms with Crippen molar-refractivity contribution in [2.45, 2.75) is 26.5 Å². The zero-order valence-corrected chi connectivity index (χ0v) is 12.2. The van der Waals surface area contributed by atoms with E-state index in [1.54, 1.807) is 7.11 Å². The molecule has 1 unspecified atom stereocenters. The van der Waals surface area contributed by atoms with Gasteiger partial charge in [-0.05, 0) is 31.7 Å². The summed E-state index contributed by atoms with van der Waals surface area (Å²) in [5, 5.41) is 3.31. The van der Waals surface area contributed by atoms with Gasteiger partial charge in [0.2, 0.25) is 0 Å². The highest BCUT2D eigenvalue weighted by Gasteiger charge is 2.08. The van der Waals surface area contributed by atoms with Gasteiger partial charge in [-0.25, -0.2) is 0 Å². The van der Waals surface area contributed by atoms with Crippen molar-refractivity contribution in [1.82, 2.24) is 5.32 Å². The Kier molecular flexibility index (Phi) is 6.55. The van der Waals surface area contributed by atoms with E-state index in [0.29, 0.717) is 6.61 Å². The number of ether oxygens (including phenoxy) is 2. The standard InChI is InChI=1S/C13H20BrNO2/c1-4-15-8-11-7-12(14)5-6-13(11)17-10(2)9-16-3/h5-7,10,15H,4,8-9H2,1-3H3. The summed E-state index contributed by atoms with van der Waals surface area (Å²) in [6.07, 6.45) is 0.0570. The van der Waals surface area contributed by atoms with E-state index in [9.17, 15) is 0 Å². The number of methoxy groups -OCH3 is 1. The van der Waals surface area contributed by atoms with Crippen LogP contribution in [0.1, 0.15) is 19.4 Å². The maximum absolute atomic E-state index is 5.85. The van der Waals surface area contributed by atoms with Crippen LogP contribution in [0, 0.1) is 0 Å². The van der Waals surface area contributed by atoms with Gasteiger partial charge in [-0.3, -0.25) is 0 Å². The zero-order valence-electron chi connectivity index (χ0n) is 10.6. The Labute approximate surface area is 112 Å². The molecule has 1 atom stereocenters. The first kappa shape index (κ1) is 14.5. The van der Waals surface area contributed by atoms with E-state index in [1.165, 1.54) is 0 Å². The van der Waals surface area contributed by atoms with Crippen molar-refractivity contribution < 1.29 is 9.47 Å². The molecule has 1 aromatic rings. The van der Waals surface area contributed by atoms with E-state index >= 15 is 0 Å². The quantitative estimate of drug-likeness (QED) is 0.840. The van der Waals surface area contributed by atoms with Gasteiger partial charge in [0.1, 0.15) is 11.9 Å². The van der Waals surface area contributed by atoms with Gasteiger partial charge in [-0.2, -0.15) is 0 Å². The van der Waals surface area contributed by atoms with Crippen LogP contribution in [-0.4, -0.2) is 26.4 Å². The molecule has 0 aliphatic carbocycles. The first-order valence-corrected chi connectivity index (χ1v) is 6.61. The van der Waals surface area contributed by atoms with Gasteiger partial charge in [0.15, 0.2) is 0 Å². The normalized spacial score (nSPS) is 12.5. The molecule has 1 rings (SSSR count). The lowest BCUT2D eigenvalue weighted by atomic mass is 10.2. The first-order valence-electron chi connectivity index (χ1n) is 5.82.